The van der Waals surface area contributed by atoms with Crippen LogP contribution < -0.4 is 0 Å². The number of esters is 1. The highest BCUT2D eigenvalue weighted by Gasteiger charge is 2.43. The molecule has 3 atom stereocenters. The Labute approximate surface area is 138 Å². The lowest BCUT2D eigenvalue weighted by atomic mass is 9.97. The summed E-state index contributed by atoms with van der Waals surface area (Å²) in [5, 5.41) is 9.60. The molecule has 3 rings (SSSR count). The Hall–Kier alpha value is -1.39. The van der Waals surface area contributed by atoms with Crippen LogP contribution in [0.15, 0.2) is 30.3 Å². The van der Waals surface area contributed by atoms with Gasteiger partial charge in [-0.3, -0.25) is 9.69 Å². The quantitative estimate of drug-likeness (QED) is 0.848. The van der Waals surface area contributed by atoms with Gasteiger partial charge in [-0.1, -0.05) is 30.3 Å². The molecule has 1 aromatic rings. The van der Waals surface area contributed by atoms with Gasteiger partial charge in [-0.2, -0.15) is 0 Å². The van der Waals surface area contributed by atoms with E-state index in [9.17, 15) is 9.90 Å². The van der Waals surface area contributed by atoms with Crippen molar-refractivity contribution in [3.05, 3.63) is 35.9 Å². The first-order chi connectivity index (χ1) is 11.1. The van der Waals surface area contributed by atoms with E-state index < -0.39 is 5.92 Å². The van der Waals surface area contributed by atoms with Gasteiger partial charge in [0.15, 0.2) is 0 Å². The van der Waals surface area contributed by atoms with Crippen LogP contribution in [0.1, 0.15) is 51.0 Å². The number of hydrogen-bond donors (Lipinski definition) is 1. The molecule has 0 unspecified atom stereocenters. The van der Waals surface area contributed by atoms with E-state index in [0.29, 0.717) is 18.1 Å². The van der Waals surface area contributed by atoms with E-state index in [1.54, 1.807) is 0 Å². The molecule has 0 aliphatic carbocycles. The normalized spacial score (nSPS) is 28.8. The van der Waals surface area contributed by atoms with Gasteiger partial charge in [-0.25, -0.2) is 0 Å². The van der Waals surface area contributed by atoms with E-state index in [4.69, 9.17) is 4.74 Å². The fourth-order valence-corrected chi connectivity index (χ4v) is 4.35. The summed E-state index contributed by atoms with van der Waals surface area (Å²) in [6, 6.07) is 11.0. The zero-order valence-electron chi connectivity index (χ0n) is 14.0. The summed E-state index contributed by atoms with van der Waals surface area (Å²) in [6.07, 6.45) is 4.26. The average Bonchev–Trinajstić information content (AvgIpc) is 2.81. The van der Waals surface area contributed by atoms with E-state index in [2.05, 4.69) is 18.7 Å². The maximum Gasteiger partial charge on any atom is 0.316 e. The molecule has 0 amide bonds. The number of carbonyl (C=O) groups excluding carboxylic acids is 1. The molecule has 2 bridgehead atoms. The van der Waals surface area contributed by atoms with Crippen LogP contribution in [0.4, 0.5) is 0 Å². The van der Waals surface area contributed by atoms with Gasteiger partial charge >= 0.3 is 5.97 Å². The summed E-state index contributed by atoms with van der Waals surface area (Å²) in [7, 11) is 0. The van der Waals surface area contributed by atoms with Gasteiger partial charge in [0.05, 0.1) is 6.61 Å². The molecule has 0 saturated carbocycles. The molecule has 2 fully saturated rings. The Morgan fingerprint density at radius 3 is 2.35 bits per heavy atom. The first kappa shape index (κ1) is 16.5. The summed E-state index contributed by atoms with van der Waals surface area (Å²) < 4.78 is 5.78. The van der Waals surface area contributed by atoms with Crippen LogP contribution in [-0.2, 0) is 9.53 Å². The first-order valence-corrected chi connectivity index (χ1v) is 8.74. The van der Waals surface area contributed by atoms with E-state index in [-0.39, 0.29) is 18.7 Å². The number of hydrogen-bond acceptors (Lipinski definition) is 4. The summed E-state index contributed by atoms with van der Waals surface area (Å²) in [5.41, 5.74) is 0.822. The third kappa shape index (κ3) is 3.43. The van der Waals surface area contributed by atoms with E-state index >= 15 is 0 Å². The van der Waals surface area contributed by atoms with Crippen molar-refractivity contribution < 1.29 is 14.6 Å². The van der Waals surface area contributed by atoms with Crippen LogP contribution in [0.2, 0.25) is 0 Å². The van der Waals surface area contributed by atoms with E-state index in [1.165, 1.54) is 12.8 Å². The minimum atomic E-state index is -0.572. The summed E-state index contributed by atoms with van der Waals surface area (Å²) in [5.74, 6) is -0.863. The molecule has 1 N–H and O–H groups in total. The monoisotopic (exact) mass is 317 g/mol. The second-order valence-corrected chi connectivity index (χ2v) is 7.10. The highest BCUT2D eigenvalue weighted by atomic mass is 16.5. The first-order valence-electron chi connectivity index (χ1n) is 8.74. The number of ether oxygens (including phenoxy) is 1. The van der Waals surface area contributed by atoms with Crippen molar-refractivity contribution in [3.8, 4) is 0 Å². The zero-order valence-corrected chi connectivity index (χ0v) is 14.0. The van der Waals surface area contributed by atoms with Crippen LogP contribution in [0.5, 0.6) is 0 Å². The molecule has 2 saturated heterocycles. The highest BCUT2D eigenvalue weighted by molar-refractivity contribution is 5.78. The Kier molecular flexibility index (Phi) is 5.02. The number of nitrogens with zero attached hydrogens (tertiary/aromatic N) is 1. The maximum atomic E-state index is 12.5. The molecule has 2 aliphatic rings. The molecule has 126 valence electrons. The number of aliphatic hydroxyl groups is 1. The lowest BCUT2D eigenvalue weighted by molar-refractivity contribution is -0.155. The van der Waals surface area contributed by atoms with Gasteiger partial charge in [0.1, 0.15) is 12.0 Å². The number of rotatable bonds is 5. The second kappa shape index (κ2) is 7.02. The predicted molar refractivity (Wildman–Crippen MR) is 89.2 cm³/mol. The Bertz CT molecular complexity index is 517. The number of piperidine rings is 1. The zero-order chi connectivity index (χ0) is 16.4. The minimum absolute atomic E-state index is 0.00670. The lowest BCUT2D eigenvalue weighted by Gasteiger charge is -2.41. The molecular weight excluding hydrogens is 290 g/mol. The van der Waals surface area contributed by atoms with Gasteiger partial charge in [-0.15, -0.1) is 0 Å². The van der Waals surface area contributed by atoms with Crippen molar-refractivity contribution in [3.63, 3.8) is 0 Å². The van der Waals surface area contributed by atoms with Gasteiger partial charge in [0.25, 0.3) is 0 Å². The van der Waals surface area contributed by atoms with Crippen LogP contribution in [0.25, 0.3) is 0 Å². The standard InChI is InChI=1S/C19H27NO3/c1-13(2)20-15-8-9-16(20)11-17(10-15)23-19(22)18(12-21)14-6-4-3-5-7-14/h3-7,13,15-18,21H,8-12H2,1-2H3/t15-,16-,18+/m0/s1. The minimum Gasteiger partial charge on any atom is -0.462 e. The second-order valence-electron chi connectivity index (χ2n) is 7.10. The Morgan fingerprint density at radius 1 is 1.22 bits per heavy atom. The van der Waals surface area contributed by atoms with Crippen molar-refractivity contribution in [1.29, 1.82) is 0 Å². The molecule has 0 spiro atoms. The largest absolute Gasteiger partial charge is 0.462 e. The van der Waals surface area contributed by atoms with Crippen molar-refractivity contribution in [2.24, 2.45) is 0 Å². The predicted octanol–water partition coefficient (Wildman–Crippen LogP) is 2.71. The van der Waals surface area contributed by atoms with Crippen molar-refractivity contribution in [2.75, 3.05) is 6.61 Å². The third-order valence-electron chi connectivity index (χ3n) is 5.29. The third-order valence-corrected chi connectivity index (χ3v) is 5.29. The highest BCUT2D eigenvalue weighted by Crippen LogP contribution is 2.38. The lowest BCUT2D eigenvalue weighted by Crippen LogP contribution is -2.49. The summed E-state index contributed by atoms with van der Waals surface area (Å²) >= 11 is 0. The van der Waals surface area contributed by atoms with Gasteiger partial charge in [0.2, 0.25) is 0 Å². The molecule has 0 aromatic heterocycles. The van der Waals surface area contributed by atoms with Crippen LogP contribution in [0, 0.1) is 0 Å². The smallest absolute Gasteiger partial charge is 0.316 e. The molecule has 2 heterocycles. The topological polar surface area (TPSA) is 49.8 Å². The van der Waals surface area contributed by atoms with Gasteiger partial charge in [-0.05, 0) is 32.3 Å². The molecule has 4 heteroatoms. The summed E-state index contributed by atoms with van der Waals surface area (Å²) in [4.78, 5) is 15.1. The molecular formula is C19H27NO3. The maximum absolute atomic E-state index is 12.5. The number of fused-ring (bicyclic) bond motifs is 2. The fraction of sp³-hybridized carbons (Fsp3) is 0.632. The Morgan fingerprint density at radius 2 is 1.83 bits per heavy atom. The molecule has 4 nitrogen and oxygen atoms in total. The Balaban J connectivity index is 1.63. The van der Waals surface area contributed by atoms with E-state index in [1.807, 2.05) is 30.3 Å². The van der Waals surface area contributed by atoms with Crippen molar-refractivity contribution in [1.82, 2.24) is 4.90 Å². The number of carbonyl (C=O) groups is 1. The fourth-order valence-electron chi connectivity index (χ4n) is 4.35. The molecule has 1 aromatic carbocycles. The molecule has 0 radical (unpaired) electrons. The van der Waals surface area contributed by atoms with Crippen molar-refractivity contribution in [2.45, 2.75) is 69.7 Å². The van der Waals surface area contributed by atoms with E-state index in [0.717, 1.165) is 18.4 Å². The van der Waals surface area contributed by atoms with Crippen LogP contribution in [-0.4, -0.2) is 46.8 Å². The van der Waals surface area contributed by atoms with Gasteiger partial charge < -0.3 is 9.84 Å². The number of benzene rings is 1. The van der Waals surface area contributed by atoms with Crippen LogP contribution in [0.3, 0.4) is 0 Å². The average molecular weight is 317 g/mol. The summed E-state index contributed by atoms with van der Waals surface area (Å²) in [6.45, 7) is 4.28. The molecule has 2 aliphatic heterocycles. The van der Waals surface area contributed by atoms with Crippen LogP contribution >= 0.6 is 0 Å². The van der Waals surface area contributed by atoms with Crippen molar-refractivity contribution >= 4 is 5.97 Å². The molecule has 23 heavy (non-hydrogen) atoms. The number of aliphatic hydroxyl groups excluding tert-OH is 1. The SMILES string of the molecule is CC(C)N1[C@H]2CC[C@H]1CC(OC(=O)[C@H](CO)c1ccccc1)C2. The van der Waals surface area contributed by atoms with Gasteiger partial charge in [0, 0.05) is 31.0 Å².